The smallest absolute Gasteiger partial charge is 0.132 e. The molecule has 0 aliphatic carbocycles. The van der Waals surface area contributed by atoms with E-state index in [0.717, 1.165) is 6.54 Å². The van der Waals surface area contributed by atoms with E-state index in [1.54, 1.807) is 12.1 Å². The largest absolute Gasteiger partial charge is 0.391 e. The molecule has 1 aliphatic rings. The van der Waals surface area contributed by atoms with Crippen LogP contribution >= 0.6 is 11.6 Å². The maximum absolute atomic E-state index is 9.85. The Labute approximate surface area is 118 Å². The summed E-state index contributed by atoms with van der Waals surface area (Å²) in [5.41, 5.74) is 0.486. The lowest BCUT2D eigenvalue weighted by Crippen LogP contribution is -2.38. The molecule has 1 aromatic rings. The van der Waals surface area contributed by atoms with Gasteiger partial charge in [-0.15, -0.1) is 0 Å². The Morgan fingerprint density at radius 3 is 2.95 bits per heavy atom. The van der Waals surface area contributed by atoms with Gasteiger partial charge in [-0.2, -0.15) is 5.26 Å². The first-order valence-electron chi connectivity index (χ1n) is 6.16. The van der Waals surface area contributed by atoms with Crippen LogP contribution in [0.2, 0.25) is 5.15 Å². The highest BCUT2D eigenvalue weighted by molar-refractivity contribution is 6.29. The second-order valence-electron chi connectivity index (χ2n) is 5.11. The van der Waals surface area contributed by atoms with E-state index in [1.165, 1.54) is 0 Å². The molecule has 0 radical (unpaired) electrons. The van der Waals surface area contributed by atoms with E-state index in [2.05, 4.69) is 16.0 Å². The summed E-state index contributed by atoms with van der Waals surface area (Å²) < 4.78 is 0. The van der Waals surface area contributed by atoms with Gasteiger partial charge in [0.2, 0.25) is 0 Å². The van der Waals surface area contributed by atoms with E-state index in [4.69, 9.17) is 16.9 Å². The SMILES string of the molecule is CN(C)CC1CC(O)CN1c1cc(C#N)cc(Cl)n1. The Morgan fingerprint density at radius 1 is 1.58 bits per heavy atom. The Morgan fingerprint density at radius 2 is 2.32 bits per heavy atom. The minimum atomic E-state index is -0.365. The Kier molecular flexibility index (Phi) is 4.25. The van der Waals surface area contributed by atoms with Crippen LogP contribution < -0.4 is 4.90 Å². The summed E-state index contributed by atoms with van der Waals surface area (Å²) in [5.74, 6) is 0.660. The fourth-order valence-electron chi connectivity index (χ4n) is 2.46. The van der Waals surface area contributed by atoms with Gasteiger partial charge in [0.1, 0.15) is 11.0 Å². The van der Waals surface area contributed by atoms with Crippen LogP contribution in [0.3, 0.4) is 0 Å². The first kappa shape index (κ1) is 14.1. The summed E-state index contributed by atoms with van der Waals surface area (Å²) in [6.07, 6.45) is 0.338. The minimum absolute atomic E-state index is 0.183. The number of pyridine rings is 1. The number of nitrogens with zero attached hydrogens (tertiary/aromatic N) is 4. The van der Waals surface area contributed by atoms with E-state index >= 15 is 0 Å². The van der Waals surface area contributed by atoms with Crippen molar-refractivity contribution in [1.82, 2.24) is 9.88 Å². The molecule has 0 aromatic carbocycles. The summed E-state index contributed by atoms with van der Waals surface area (Å²) >= 11 is 5.94. The molecule has 1 aliphatic heterocycles. The standard InChI is InChI=1S/C13H17ClN4O/c1-17(2)7-10-5-11(19)8-18(10)13-4-9(6-15)3-12(14)16-13/h3-4,10-11,19H,5,7-8H2,1-2H3. The van der Waals surface area contributed by atoms with Crippen molar-refractivity contribution >= 4 is 17.4 Å². The molecule has 1 N–H and O–H groups in total. The number of aliphatic hydroxyl groups excluding tert-OH is 1. The fourth-order valence-corrected chi connectivity index (χ4v) is 2.67. The molecule has 1 fully saturated rings. The second kappa shape index (κ2) is 5.74. The summed E-state index contributed by atoms with van der Waals surface area (Å²) in [6, 6.07) is 5.51. The van der Waals surface area contributed by atoms with Crippen LogP contribution in [0.5, 0.6) is 0 Å². The molecule has 0 saturated carbocycles. The molecule has 2 unspecified atom stereocenters. The normalized spacial score (nSPS) is 22.8. The summed E-state index contributed by atoms with van der Waals surface area (Å²) in [5, 5.41) is 19.1. The van der Waals surface area contributed by atoms with Gasteiger partial charge in [-0.25, -0.2) is 4.98 Å². The van der Waals surface area contributed by atoms with Crippen molar-refractivity contribution in [3.8, 4) is 6.07 Å². The van der Waals surface area contributed by atoms with Crippen LogP contribution in [0.25, 0.3) is 0 Å². The average Bonchev–Trinajstić information content (AvgIpc) is 2.68. The number of anilines is 1. The van der Waals surface area contributed by atoms with Gasteiger partial charge in [0.05, 0.1) is 17.7 Å². The van der Waals surface area contributed by atoms with Crippen molar-refractivity contribution in [2.24, 2.45) is 0 Å². The Bertz CT molecular complexity index is 500. The number of hydrogen-bond donors (Lipinski definition) is 1. The van der Waals surface area contributed by atoms with Gasteiger partial charge in [0.15, 0.2) is 0 Å². The van der Waals surface area contributed by atoms with E-state index in [9.17, 15) is 5.11 Å². The van der Waals surface area contributed by atoms with Gasteiger partial charge in [-0.05, 0) is 32.6 Å². The monoisotopic (exact) mass is 280 g/mol. The second-order valence-corrected chi connectivity index (χ2v) is 5.49. The molecule has 1 saturated heterocycles. The third-order valence-electron chi connectivity index (χ3n) is 3.17. The van der Waals surface area contributed by atoms with Crippen molar-refractivity contribution in [1.29, 1.82) is 5.26 Å². The first-order valence-corrected chi connectivity index (χ1v) is 6.54. The molecule has 0 bridgehead atoms. The van der Waals surface area contributed by atoms with Gasteiger partial charge in [-0.3, -0.25) is 0 Å². The van der Waals surface area contributed by atoms with Gasteiger partial charge >= 0.3 is 0 Å². The summed E-state index contributed by atoms with van der Waals surface area (Å²) in [4.78, 5) is 8.37. The summed E-state index contributed by atoms with van der Waals surface area (Å²) in [6.45, 7) is 1.35. The van der Waals surface area contributed by atoms with Gasteiger partial charge in [0.25, 0.3) is 0 Å². The number of hydrogen-bond acceptors (Lipinski definition) is 5. The van der Waals surface area contributed by atoms with Crippen molar-refractivity contribution in [2.75, 3.05) is 32.1 Å². The number of β-amino-alcohol motifs (C(OH)–C–C–N with tert-alkyl or cyclic N) is 1. The van der Waals surface area contributed by atoms with E-state index < -0.39 is 0 Å². The molecule has 0 spiro atoms. The number of aliphatic hydroxyl groups is 1. The lowest BCUT2D eigenvalue weighted by atomic mass is 10.2. The third kappa shape index (κ3) is 3.35. The molecule has 19 heavy (non-hydrogen) atoms. The van der Waals surface area contributed by atoms with E-state index in [0.29, 0.717) is 29.5 Å². The zero-order valence-corrected chi connectivity index (χ0v) is 11.8. The Balaban J connectivity index is 2.28. The van der Waals surface area contributed by atoms with Crippen molar-refractivity contribution < 1.29 is 5.11 Å². The lowest BCUT2D eigenvalue weighted by Gasteiger charge is -2.27. The highest BCUT2D eigenvalue weighted by Gasteiger charge is 2.32. The summed E-state index contributed by atoms with van der Waals surface area (Å²) in [7, 11) is 3.99. The molecule has 5 nitrogen and oxygen atoms in total. The highest BCUT2D eigenvalue weighted by Crippen LogP contribution is 2.26. The van der Waals surface area contributed by atoms with Crippen LogP contribution in [0.15, 0.2) is 12.1 Å². The zero-order chi connectivity index (χ0) is 14.0. The number of rotatable bonds is 3. The van der Waals surface area contributed by atoms with Gasteiger partial charge < -0.3 is 14.9 Å². The van der Waals surface area contributed by atoms with Gasteiger partial charge in [-0.1, -0.05) is 11.6 Å². The molecule has 0 amide bonds. The predicted molar refractivity (Wildman–Crippen MR) is 74.3 cm³/mol. The number of halogens is 1. The molecular formula is C13H17ClN4O. The predicted octanol–water partition coefficient (Wildman–Crippen LogP) is 1.11. The molecule has 102 valence electrons. The maximum Gasteiger partial charge on any atom is 0.132 e. The van der Waals surface area contributed by atoms with Crippen molar-refractivity contribution in [3.05, 3.63) is 22.8 Å². The fraction of sp³-hybridized carbons (Fsp3) is 0.538. The molecule has 1 aromatic heterocycles. The topological polar surface area (TPSA) is 63.4 Å². The maximum atomic E-state index is 9.85. The Hall–Kier alpha value is -1.35. The van der Waals surface area contributed by atoms with Crippen molar-refractivity contribution in [2.45, 2.75) is 18.6 Å². The van der Waals surface area contributed by atoms with E-state index in [-0.39, 0.29) is 12.1 Å². The lowest BCUT2D eigenvalue weighted by molar-refractivity contribution is 0.191. The number of nitriles is 1. The van der Waals surface area contributed by atoms with Crippen LogP contribution in [0, 0.1) is 11.3 Å². The quantitative estimate of drug-likeness (QED) is 0.841. The number of likely N-dealkylation sites (N-methyl/N-ethyl adjacent to an activating group) is 1. The van der Waals surface area contributed by atoms with Crippen LogP contribution in [0.4, 0.5) is 5.82 Å². The highest BCUT2D eigenvalue weighted by atomic mass is 35.5. The molecular weight excluding hydrogens is 264 g/mol. The van der Waals surface area contributed by atoms with Crippen LogP contribution in [0.1, 0.15) is 12.0 Å². The number of aromatic nitrogens is 1. The van der Waals surface area contributed by atoms with E-state index in [1.807, 2.05) is 19.0 Å². The molecule has 2 rings (SSSR count). The molecule has 2 heterocycles. The zero-order valence-electron chi connectivity index (χ0n) is 11.0. The minimum Gasteiger partial charge on any atom is -0.391 e. The average molecular weight is 281 g/mol. The first-order chi connectivity index (χ1) is 8.99. The van der Waals surface area contributed by atoms with Crippen molar-refractivity contribution in [3.63, 3.8) is 0 Å². The third-order valence-corrected chi connectivity index (χ3v) is 3.37. The van der Waals surface area contributed by atoms with Gasteiger partial charge in [0, 0.05) is 19.1 Å². The molecule has 6 heteroatoms. The van der Waals surface area contributed by atoms with Crippen LogP contribution in [-0.4, -0.2) is 54.3 Å². The van der Waals surface area contributed by atoms with Crippen LogP contribution in [-0.2, 0) is 0 Å². The molecule has 2 atom stereocenters.